The third-order valence-electron chi connectivity index (χ3n) is 6.13. The van der Waals surface area contributed by atoms with Crippen LogP contribution in [0, 0.1) is 0 Å². The lowest BCUT2D eigenvalue weighted by Crippen LogP contribution is -2.39. The Labute approximate surface area is 144 Å². The molecule has 0 amide bonds. The zero-order chi connectivity index (χ0) is 16.6. The first kappa shape index (κ1) is 16.1. The quantitative estimate of drug-likeness (QED) is 0.921. The van der Waals surface area contributed by atoms with Crippen LogP contribution in [0.25, 0.3) is 0 Å². The Bertz CT molecular complexity index is 583. The van der Waals surface area contributed by atoms with Gasteiger partial charge in [-0.2, -0.15) is 0 Å². The van der Waals surface area contributed by atoms with Crippen LogP contribution in [-0.2, 0) is 18.3 Å². The standard InChI is InChI=1S/C20H29NO3/c1-22-18-15-8-6-11-23-17(15)16(14-7-5-12-24-19(14)18)20(13-21)9-3-2-4-10-20/h2-13,21H2,1H3. The Morgan fingerprint density at radius 1 is 0.917 bits per heavy atom. The molecule has 2 N–H and O–H groups in total. The van der Waals surface area contributed by atoms with Crippen molar-refractivity contribution in [1.82, 2.24) is 0 Å². The second-order valence-corrected chi connectivity index (χ2v) is 7.47. The minimum atomic E-state index is 0.0523. The molecule has 3 aliphatic rings. The molecule has 0 aromatic heterocycles. The first-order valence-corrected chi connectivity index (χ1v) is 9.52. The van der Waals surface area contributed by atoms with E-state index in [0.29, 0.717) is 6.54 Å². The summed E-state index contributed by atoms with van der Waals surface area (Å²) in [6, 6.07) is 0. The molecule has 4 rings (SSSR count). The van der Waals surface area contributed by atoms with Gasteiger partial charge in [-0.15, -0.1) is 0 Å². The average Bonchev–Trinajstić information content (AvgIpc) is 2.66. The fourth-order valence-corrected chi connectivity index (χ4v) is 4.96. The van der Waals surface area contributed by atoms with Crippen molar-refractivity contribution in [2.24, 2.45) is 5.73 Å². The molecule has 1 aromatic rings. The van der Waals surface area contributed by atoms with Crippen molar-refractivity contribution < 1.29 is 14.2 Å². The zero-order valence-electron chi connectivity index (χ0n) is 14.8. The average molecular weight is 331 g/mol. The van der Waals surface area contributed by atoms with Gasteiger partial charge in [0.2, 0.25) is 0 Å². The maximum absolute atomic E-state index is 6.38. The van der Waals surface area contributed by atoms with Crippen molar-refractivity contribution in [2.45, 2.75) is 63.2 Å². The summed E-state index contributed by atoms with van der Waals surface area (Å²) in [5.74, 6) is 2.96. The molecule has 0 atom stereocenters. The topological polar surface area (TPSA) is 53.7 Å². The van der Waals surface area contributed by atoms with E-state index in [1.807, 2.05) is 0 Å². The van der Waals surface area contributed by atoms with E-state index < -0.39 is 0 Å². The van der Waals surface area contributed by atoms with E-state index in [9.17, 15) is 0 Å². The summed E-state index contributed by atoms with van der Waals surface area (Å²) in [7, 11) is 1.75. The molecule has 1 aliphatic carbocycles. The summed E-state index contributed by atoms with van der Waals surface area (Å²) in [6.07, 6.45) is 10.3. The molecule has 1 saturated carbocycles. The Hall–Kier alpha value is -1.42. The monoisotopic (exact) mass is 331 g/mol. The predicted octanol–water partition coefficient (Wildman–Crippen LogP) is 3.51. The van der Waals surface area contributed by atoms with E-state index in [1.54, 1.807) is 7.11 Å². The number of nitrogens with two attached hydrogens (primary N) is 1. The molecule has 4 nitrogen and oxygen atoms in total. The summed E-state index contributed by atoms with van der Waals surface area (Å²) in [5, 5.41) is 0. The third kappa shape index (κ3) is 2.38. The van der Waals surface area contributed by atoms with E-state index in [1.165, 1.54) is 36.0 Å². The van der Waals surface area contributed by atoms with Crippen LogP contribution in [0.15, 0.2) is 0 Å². The normalized spacial score (nSPS) is 21.9. The summed E-state index contributed by atoms with van der Waals surface area (Å²) >= 11 is 0. The lowest BCUT2D eigenvalue weighted by Gasteiger charge is -2.42. The number of hydrogen-bond donors (Lipinski definition) is 1. The van der Waals surface area contributed by atoms with Crippen LogP contribution in [0.3, 0.4) is 0 Å². The highest BCUT2D eigenvalue weighted by molar-refractivity contribution is 5.66. The Kier molecular flexibility index (Phi) is 4.33. The first-order valence-electron chi connectivity index (χ1n) is 9.52. The van der Waals surface area contributed by atoms with Crippen molar-refractivity contribution in [3.8, 4) is 17.2 Å². The number of ether oxygens (including phenoxy) is 3. The first-order chi connectivity index (χ1) is 11.8. The van der Waals surface area contributed by atoms with E-state index in [2.05, 4.69) is 0 Å². The van der Waals surface area contributed by atoms with Gasteiger partial charge in [0.1, 0.15) is 5.75 Å². The van der Waals surface area contributed by atoms with Gasteiger partial charge in [0.25, 0.3) is 0 Å². The molecule has 2 heterocycles. The summed E-state index contributed by atoms with van der Waals surface area (Å²) < 4.78 is 18.1. The predicted molar refractivity (Wildman–Crippen MR) is 94.4 cm³/mol. The second-order valence-electron chi connectivity index (χ2n) is 7.47. The highest BCUT2D eigenvalue weighted by Gasteiger charge is 2.41. The van der Waals surface area contributed by atoms with Crippen LogP contribution in [0.4, 0.5) is 0 Å². The molecular weight excluding hydrogens is 302 g/mol. The van der Waals surface area contributed by atoms with Crippen molar-refractivity contribution in [3.05, 3.63) is 16.7 Å². The molecule has 132 valence electrons. The fourth-order valence-electron chi connectivity index (χ4n) is 4.96. The van der Waals surface area contributed by atoms with Gasteiger partial charge in [-0.3, -0.25) is 0 Å². The molecule has 1 fully saturated rings. The van der Waals surface area contributed by atoms with Crippen molar-refractivity contribution in [3.63, 3.8) is 0 Å². The minimum Gasteiger partial charge on any atom is -0.493 e. The molecule has 0 unspecified atom stereocenters. The van der Waals surface area contributed by atoms with E-state index >= 15 is 0 Å². The Morgan fingerprint density at radius 2 is 1.58 bits per heavy atom. The van der Waals surface area contributed by atoms with Crippen molar-refractivity contribution in [2.75, 3.05) is 26.9 Å². The van der Waals surface area contributed by atoms with Gasteiger partial charge in [-0.1, -0.05) is 19.3 Å². The number of benzene rings is 1. The molecule has 4 heteroatoms. The molecule has 2 aliphatic heterocycles. The fraction of sp³-hybridized carbons (Fsp3) is 0.700. The van der Waals surface area contributed by atoms with Gasteiger partial charge in [-0.25, -0.2) is 0 Å². The highest BCUT2D eigenvalue weighted by atomic mass is 16.5. The van der Waals surface area contributed by atoms with Crippen LogP contribution in [0.1, 0.15) is 61.6 Å². The second kappa shape index (κ2) is 6.47. The summed E-state index contributed by atoms with van der Waals surface area (Å²) in [4.78, 5) is 0. The van der Waals surface area contributed by atoms with E-state index in [0.717, 1.165) is 69.0 Å². The minimum absolute atomic E-state index is 0.0523. The van der Waals surface area contributed by atoms with Gasteiger partial charge in [0, 0.05) is 28.7 Å². The lowest BCUT2D eigenvalue weighted by molar-refractivity contribution is 0.230. The highest BCUT2D eigenvalue weighted by Crippen LogP contribution is 2.54. The SMILES string of the molecule is COc1c2c(c(C3(CN)CCCCC3)c3c1OCCC3)OCCC2. The number of hydrogen-bond acceptors (Lipinski definition) is 4. The number of methoxy groups -OCH3 is 1. The summed E-state index contributed by atoms with van der Waals surface area (Å²) in [6.45, 7) is 2.27. The van der Waals surface area contributed by atoms with E-state index in [4.69, 9.17) is 19.9 Å². The van der Waals surface area contributed by atoms with Crippen LogP contribution in [0.5, 0.6) is 17.2 Å². The van der Waals surface area contributed by atoms with Crippen LogP contribution < -0.4 is 19.9 Å². The van der Waals surface area contributed by atoms with Gasteiger partial charge in [0.05, 0.1) is 20.3 Å². The van der Waals surface area contributed by atoms with Gasteiger partial charge in [-0.05, 0) is 38.5 Å². The molecule has 0 spiro atoms. The zero-order valence-corrected chi connectivity index (χ0v) is 14.8. The molecule has 0 radical (unpaired) electrons. The smallest absolute Gasteiger partial charge is 0.167 e. The summed E-state index contributed by atoms with van der Waals surface area (Å²) in [5.41, 5.74) is 10.3. The van der Waals surface area contributed by atoms with Gasteiger partial charge < -0.3 is 19.9 Å². The Morgan fingerprint density at radius 3 is 2.25 bits per heavy atom. The van der Waals surface area contributed by atoms with Crippen LogP contribution in [-0.4, -0.2) is 26.9 Å². The van der Waals surface area contributed by atoms with Crippen LogP contribution in [0.2, 0.25) is 0 Å². The Balaban J connectivity index is 1.98. The van der Waals surface area contributed by atoms with Crippen molar-refractivity contribution >= 4 is 0 Å². The van der Waals surface area contributed by atoms with Crippen LogP contribution >= 0.6 is 0 Å². The molecule has 0 saturated heterocycles. The molecule has 24 heavy (non-hydrogen) atoms. The third-order valence-corrected chi connectivity index (χ3v) is 6.13. The maximum atomic E-state index is 6.38. The number of rotatable bonds is 3. The molecule has 1 aromatic carbocycles. The van der Waals surface area contributed by atoms with Gasteiger partial charge >= 0.3 is 0 Å². The molecular formula is C20H29NO3. The number of fused-ring (bicyclic) bond motifs is 2. The van der Waals surface area contributed by atoms with Gasteiger partial charge in [0.15, 0.2) is 11.5 Å². The molecule has 0 bridgehead atoms. The van der Waals surface area contributed by atoms with Crippen molar-refractivity contribution in [1.29, 1.82) is 0 Å². The van der Waals surface area contributed by atoms with E-state index in [-0.39, 0.29) is 5.41 Å². The largest absolute Gasteiger partial charge is 0.493 e. The maximum Gasteiger partial charge on any atom is 0.167 e. The lowest BCUT2D eigenvalue weighted by atomic mass is 9.66.